The lowest BCUT2D eigenvalue weighted by molar-refractivity contribution is -0.129. The second-order valence-corrected chi connectivity index (χ2v) is 5.76. The Hall–Kier alpha value is -1.85. The van der Waals surface area contributed by atoms with Gasteiger partial charge in [0, 0.05) is 37.4 Å². The Balaban J connectivity index is 0.00000144. The molecule has 0 unspecified atom stereocenters. The summed E-state index contributed by atoms with van der Waals surface area (Å²) in [6.45, 7) is 1.73. The van der Waals surface area contributed by atoms with Gasteiger partial charge in [0.15, 0.2) is 0 Å². The number of carbonyl (C=O) groups is 1. The maximum Gasteiger partial charge on any atom is 0.224 e. The maximum atomic E-state index is 12.1. The van der Waals surface area contributed by atoms with Gasteiger partial charge in [0.1, 0.15) is 0 Å². The second-order valence-electron chi connectivity index (χ2n) is 5.76. The molecule has 1 aromatic carbocycles. The zero-order valence-electron chi connectivity index (χ0n) is 12.2. The molecule has 0 spiro atoms. The highest BCUT2D eigenvalue weighted by Crippen LogP contribution is 2.27. The third-order valence-electron chi connectivity index (χ3n) is 4.48. The van der Waals surface area contributed by atoms with E-state index >= 15 is 0 Å². The topological polar surface area (TPSA) is 50.2 Å². The summed E-state index contributed by atoms with van der Waals surface area (Å²) in [5.41, 5.74) is 2.21. The van der Waals surface area contributed by atoms with E-state index in [-0.39, 0.29) is 18.3 Å². The fraction of sp³-hybridized carbons (Fsp3) is 0.375. The third-order valence-corrected chi connectivity index (χ3v) is 4.48. The fourth-order valence-electron chi connectivity index (χ4n) is 3.40. The molecule has 1 N–H and O–H groups in total. The number of halogens is 1. The smallest absolute Gasteiger partial charge is 0.224 e. The van der Waals surface area contributed by atoms with E-state index in [1.807, 2.05) is 34.0 Å². The SMILES string of the molecule is Cl.O=C1C[C@H]2NCC[C@H]2N1Cc1ccc(-n2cccn2)cc1. The molecule has 0 saturated carbocycles. The van der Waals surface area contributed by atoms with Crippen LogP contribution < -0.4 is 5.32 Å². The molecule has 0 radical (unpaired) electrons. The summed E-state index contributed by atoms with van der Waals surface area (Å²) in [4.78, 5) is 14.2. The molecule has 6 heteroatoms. The predicted molar refractivity (Wildman–Crippen MR) is 86.2 cm³/mol. The van der Waals surface area contributed by atoms with Crippen LogP contribution in [0.5, 0.6) is 0 Å². The molecule has 3 heterocycles. The van der Waals surface area contributed by atoms with Crippen molar-refractivity contribution >= 4 is 18.3 Å². The van der Waals surface area contributed by atoms with Crippen molar-refractivity contribution in [3.05, 3.63) is 48.3 Å². The number of hydrogen-bond donors (Lipinski definition) is 1. The second kappa shape index (κ2) is 6.10. The van der Waals surface area contributed by atoms with Crippen LogP contribution in [0.4, 0.5) is 0 Å². The monoisotopic (exact) mass is 318 g/mol. The molecule has 116 valence electrons. The van der Waals surface area contributed by atoms with Crippen molar-refractivity contribution in [2.75, 3.05) is 6.54 Å². The van der Waals surface area contributed by atoms with E-state index in [0.717, 1.165) is 18.7 Å². The Morgan fingerprint density at radius 3 is 2.82 bits per heavy atom. The predicted octanol–water partition coefficient (Wildman–Crippen LogP) is 1.76. The van der Waals surface area contributed by atoms with Crippen molar-refractivity contribution in [1.82, 2.24) is 20.0 Å². The van der Waals surface area contributed by atoms with Crippen molar-refractivity contribution in [3.63, 3.8) is 0 Å². The minimum absolute atomic E-state index is 0. The third kappa shape index (κ3) is 2.62. The molecular formula is C16H19ClN4O. The van der Waals surface area contributed by atoms with Gasteiger partial charge >= 0.3 is 0 Å². The van der Waals surface area contributed by atoms with Crippen LogP contribution in [0.3, 0.4) is 0 Å². The Morgan fingerprint density at radius 1 is 1.27 bits per heavy atom. The Bertz CT molecular complexity index is 641. The molecule has 22 heavy (non-hydrogen) atoms. The molecule has 2 saturated heterocycles. The number of carbonyl (C=O) groups excluding carboxylic acids is 1. The molecule has 2 atom stereocenters. The lowest BCUT2D eigenvalue weighted by atomic mass is 10.1. The Morgan fingerprint density at radius 2 is 2.09 bits per heavy atom. The number of nitrogens with one attached hydrogen (secondary N) is 1. The van der Waals surface area contributed by atoms with Crippen LogP contribution in [-0.2, 0) is 11.3 Å². The van der Waals surface area contributed by atoms with E-state index in [9.17, 15) is 4.79 Å². The molecular weight excluding hydrogens is 300 g/mol. The van der Waals surface area contributed by atoms with Crippen molar-refractivity contribution in [3.8, 4) is 5.69 Å². The summed E-state index contributed by atoms with van der Waals surface area (Å²) < 4.78 is 1.84. The first-order valence-electron chi connectivity index (χ1n) is 7.43. The molecule has 2 aliphatic rings. The molecule has 2 fully saturated rings. The van der Waals surface area contributed by atoms with Crippen LogP contribution in [0.15, 0.2) is 42.7 Å². The lowest BCUT2D eigenvalue weighted by Gasteiger charge is -2.23. The molecule has 5 nitrogen and oxygen atoms in total. The van der Waals surface area contributed by atoms with Gasteiger partial charge in [-0.15, -0.1) is 12.4 Å². The normalized spacial score (nSPS) is 23.5. The van der Waals surface area contributed by atoms with Crippen molar-refractivity contribution in [2.24, 2.45) is 0 Å². The van der Waals surface area contributed by atoms with Crippen LogP contribution >= 0.6 is 12.4 Å². The Kier molecular flexibility index (Phi) is 4.18. The van der Waals surface area contributed by atoms with Gasteiger partial charge in [-0.2, -0.15) is 5.10 Å². The summed E-state index contributed by atoms with van der Waals surface area (Å²) in [5.74, 6) is 0.272. The first kappa shape index (κ1) is 15.1. The largest absolute Gasteiger partial charge is 0.334 e. The summed E-state index contributed by atoms with van der Waals surface area (Å²) in [6.07, 6.45) is 5.41. The summed E-state index contributed by atoms with van der Waals surface area (Å²) >= 11 is 0. The first-order valence-corrected chi connectivity index (χ1v) is 7.43. The highest BCUT2D eigenvalue weighted by molar-refractivity contribution is 5.85. The van der Waals surface area contributed by atoms with E-state index in [0.29, 0.717) is 25.0 Å². The van der Waals surface area contributed by atoms with E-state index in [1.165, 1.54) is 5.56 Å². The average Bonchev–Trinajstić information content (AvgIpc) is 3.20. The highest BCUT2D eigenvalue weighted by Gasteiger charge is 2.42. The Labute approximate surface area is 135 Å². The van der Waals surface area contributed by atoms with Crippen LogP contribution in [0.1, 0.15) is 18.4 Å². The van der Waals surface area contributed by atoms with Gasteiger partial charge in [0.2, 0.25) is 5.91 Å². The van der Waals surface area contributed by atoms with E-state index < -0.39 is 0 Å². The maximum absolute atomic E-state index is 12.1. The number of benzene rings is 1. The first-order chi connectivity index (χ1) is 10.3. The standard InChI is InChI=1S/C16H18N4O.ClH/c21-16-10-14-15(6-8-17-14)19(16)11-12-2-4-13(5-3-12)20-9-1-7-18-20;/h1-5,7,9,14-15,17H,6,8,10-11H2;1H/t14-,15-;/m1./s1. The van der Waals surface area contributed by atoms with Gasteiger partial charge in [-0.05, 0) is 36.7 Å². The minimum atomic E-state index is 0. The number of rotatable bonds is 3. The molecule has 1 amide bonds. The van der Waals surface area contributed by atoms with E-state index in [1.54, 1.807) is 6.20 Å². The summed E-state index contributed by atoms with van der Waals surface area (Å²) in [6, 6.07) is 10.9. The average molecular weight is 319 g/mol. The molecule has 1 aromatic heterocycles. The van der Waals surface area contributed by atoms with Gasteiger partial charge < -0.3 is 10.2 Å². The van der Waals surface area contributed by atoms with Crippen molar-refractivity contribution in [1.29, 1.82) is 0 Å². The van der Waals surface area contributed by atoms with Crippen LogP contribution in [0, 0.1) is 0 Å². The zero-order valence-corrected chi connectivity index (χ0v) is 13.0. The highest BCUT2D eigenvalue weighted by atomic mass is 35.5. The molecule has 0 aliphatic carbocycles. The van der Waals surface area contributed by atoms with Crippen molar-refractivity contribution in [2.45, 2.75) is 31.5 Å². The van der Waals surface area contributed by atoms with Gasteiger partial charge in [0.25, 0.3) is 0 Å². The number of nitrogens with zero attached hydrogens (tertiary/aromatic N) is 3. The van der Waals surface area contributed by atoms with Gasteiger partial charge in [-0.1, -0.05) is 12.1 Å². The summed E-state index contributed by atoms with van der Waals surface area (Å²) in [7, 11) is 0. The lowest BCUT2D eigenvalue weighted by Crippen LogP contribution is -2.35. The van der Waals surface area contributed by atoms with Crippen LogP contribution in [-0.4, -0.2) is 39.2 Å². The molecule has 4 rings (SSSR count). The molecule has 0 bridgehead atoms. The van der Waals surface area contributed by atoms with Crippen LogP contribution in [0.25, 0.3) is 5.69 Å². The molecule has 2 aromatic rings. The minimum Gasteiger partial charge on any atom is -0.334 e. The number of fused-ring (bicyclic) bond motifs is 1. The fourth-order valence-corrected chi connectivity index (χ4v) is 3.40. The number of likely N-dealkylation sites (tertiary alicyclic amines) is 1. The van der Waals surface area contributed by atoms with Gasteiger partial charge in [0.05, 0.1) is 5.69 Å². The zero-order chi connectivity index (χ0) is 14.2. The number of hydrogen-bond acceptors (Lipinski definition) is 3. The quantitative estimate of drug-likeness (QED) is 0.938. The molecule has 2 aliphatic heterocycles. The van der Waals surface area contributed by atoms with Gasteiger partial charge in [-0.3, -0.25) is 4.79 Å². The number of aromatic nitrogens is 2. The van der Waals surface area contributed by atoms with E-state index in [2.05, 4.69) is 22.5 Å². The summed E-state index contributed by atoms with van der Waals surface area (Å²) in [5, 5.41) is 7.64. The van der Waals surface area contributed by atoms with Crippen LogP contribution in [0.2, 0.25) is 0 Å². The number of amides is 1. The van der Waals surface area contributed by atoms with E-state index in [4.69, 9.17) is 0 Å². The van der Waals surface area contributed by atoms with Gasteiger partial charge in [-0.25, -0.2) is 4.68 Å². The van der Waals surface area contributed by atoms with Crippen molar-refractivity contribution < 1.29 is 4.79 Å².